The topological polar surface area (TPSA) is 80.3 Å². The van der Waals surface area contributed by atoms with Crippen molar-refractivity contribution in [2.45, 2.75) is 90.9 Å². The van der Waals surface area contributed by atoms with Gasteiger partial charge in [-0.1, -0.05) is 65.2 Å². The van der Waals surface area contributed by atoms with Gasteiger partial charge in [-0.15, -0.1) is 0 Å². The van der Waals surface area contributed by atoms with Gasteiger partial charge in [-0.25, -0.2) is 0 Å². The summed E-state index contributed by atoms with van der Waals surface area (Å²) in [5.41, 5.74) is 0. The average molecular weight is 447 g/mol. The number of ether oxygens (including phenoxy) is 5. The van der Waals surface area contributed by atoms with Crippen LogP contribution in [-0.4, -0.2) is 64.8 Å². The summed E-state index contributed by atoms with van der Waals surface area (Å²) in [7, 11) is 0. The summed E-state index contributed by atoms with van der Waals surface area (Å²) in [6, 6.07) is 0. The first-order valence-electron chi connectivity index (χ1n) is 12.2. The molecular formula is C24H46O7. The molecule has 0 atom stereocenters. The zero-order valence-corrected chi connectivity index (χ0v) is 20.0. The summed E-state index contributed by atoms with van der Waals surface area (Å²) >= 11 is 0. The van der Waals surface area contributed by atoms with E-state index in [0.29, 0.717) is 52.5 Å². The van der Waals surface area contributed by atoms with E-state index in [0.717, 1.165) is 32.1 Å². The molecule has 0 fully saturated rings. The van der Waals surface area contributed by atoms with E-state index in [1.807, 2.05) is 0 Å². The Kier molecular flexibility index (Phi) is 24.1. The minimum atomic E-state index is -0.158. The van der Waals surface area contributed by atoms with E-state index in [4.69, 9.17) is 23.7 Å². The predicted molar refractivity (Wildman–Crippen MR) is 121 cm³/mol. The van der Waals surface area contributed by atoms with Gasteiger partial charge in [-0.05, 0) is 12.8 Å². The lowest BCUT2D eigenvalue weighted by atomic mass is 10.1. The quantitative estimate of drug-likeness (QED) is 0.155. The summed E-state index contributed by atoms with van der Waals surface area (Å²) in [5, 5.41) is 0. The second-order valence-corrected chi connectivity index (χ2v) is 7.61. The molecule has 0 aromatic rings. The normalized spacial score (nSPS) is 10.9. The van der Waals surface area contributed by atoms with E-state index in [2.05, 4.69) is 13.8 Å². The molecule has 7 nitrogen and oxygen atoms in total. The Balaban J connectivity index is 3.19. The number of hydrogen-bond donors (Lipinski definition) is 0. The number of esters is 2. The highest BCUT2D eigenvalue weighted by atomic mass is 16.6. The van der Waals surface area contributed by atoms with Gasteiger partial charge in [0.1, 0.15) is 13.2 Å². The Morgan fingerprint density at radius 1 is 0.452 bits per heavy atom. The van der Waals surface area contributed by atoms with E-state index in [1.54, 1.807) is 0 Å². The standard InChI is InChI=1S/C24H46O7/c1-3-5-7-8-9-10-12-14-24(26)31-22-20-29-18-16-27-15-17-28-19-21-30-23(25)13-11-6-4-2/h3-22H2,1-2H3. The van der Waals surface area contributed by atoms with Crippen molar-refractivity contribution < 1.29 is 33.3 Å². The third-order valence-corrected chi connectivity index (χ3v) is 4.69. The monoisotopic (exact) mass is 446 g/mol. The Hall–Kier alpha value is -1.18. The molecule has 0 aromatic carbocycles. The van der Waals surface area contributed by atoms with Crippen molar-refractivity contribution in [3.63, 3.8) is 0 Å². The number of carbonyl (C=O) groups excluding carboxylic acids is 2. The van der Waals surface area contributed by atoms with Crippen molar-refractivity contribution in [3.8, 4) is 0 Å². The molecule has 0 N–H and O–H groups in total. The molecule has 0 amide bonds. The molecule has 0 aromatic heterocycles. The maximum atomic E-state index is 11.6. The minimum absolute atomic E-state index is 0.141. The summed E-state index contributed by atoms with van der Waals surface area (Å²) < 4.78 is 26.3. The lowest BCUT2D eigenvalue weighted by molar-refractivity contribution is -0.146. The molecule has 0 rings (SSSR count). The molecule has 7 heteroatoms. The lowest BCUT2D eigenvalue weighted by Gasteiger charge is -2.08. The van der Waals surface area contributed by atoms with Crippen molar-refractivity contribution in [2.24, 2.45) is 0 Å². The fourth-order valence-corrected chi connectivity index (χ4v) is 2.86. The Bertz CT molecular complexity index is 401. The Morgan fingerprint density at radius 3 is 1.23 bits per heavy atom. The van der Waals surface area contributed by atoms with Crippen LogP contribution in [0, 0.1) is 0 Å². The van der Waals surface area contributed by atoms with Gasteiger partial charge in [0.2, 0.25) is 0 Å². The van der Waals surface area contributed by atoms with E-state index in [-0.39, 0.29) is 25.2 Å². The van der Waals surface area contributed by atoms with Crippen LogP contribution in [0.1, 0.15) is 90.9 Å². The molecule has 0 radical (unpaired) electrons. The lowest BCUT2D eigenvalue weighted by Crippen LogP contribution is -2.15. The van der Waals surface area contributed by atoms with Crippen LogP contribution in [0.5, 0.6) is 0 Å². The zero-order chi connectivity index (χ0) is 22.8. The maximum absolute atomic E-state index is 11.6. The van der Waals surface area contributed by atoms with Crippen LogP contribution in [0.4, 0.5) is 0 Å². The van der Waals surface area contributed by atoms with E-state index in [1.165, 1.54) is 32.1 Å². The first-order valence-corrected chi connectivity index (χ1v) is 12.2. The van der Waals surface area contributed by atoms with Crippen molar-refractivity contribution >= 4 is 11.9 Å². The molecule has 0 bridgehead atoms. The molecule has 0 heterocycles. The fraction of sp³-hybridized carbons (Fsp3) is 0.917. The highest BCUT2D eigenvalue weighted by Gasteiger charge is 2.03. The maximum Gasteiger partial charge on any atom is 0.305 e. The average Bonchev–Trinajstić information content (AvgIpc) is 2.76. The van der Waals surface area contributed by atoms with E-state index in [9.17, 15) is 9.59 Å². The number of carbonyl (C=O) groups is 2. The van der Waals surface area contributed by atoms with Crippen LogP contribution in [0.2, 0.25) is 0 Å². The van der Waals surface area contributed by atoms with Gasteiger partial charge in [-0.2, -0.15) is 0 Å². The first kappa shape index (κ1) is 29.8. The van der Waals surface area contributed by atoms with Crippen molar-refractivity contribution in [1.29, 1.82) is 0 Å². The van der Waals surface area contributed by atoms with Gasteiger partial charge in [0.15, 0.2) is 0 Å². The molecule has 0 saturated heterocycles. The van der Waals surface area contributed by atoms with Crippen LogP contribution in [0.15, 0.2) is 0 Å². The molecule has 0 spiro atoms. The van der Waals surface area contributed by atoms with Crippen molar-refractivity contribution in [2.75, 3.05) is 52.9 Å². The summed E-state index contributed by atoms with van der Waals surface area (Å²) in [5.74, 6) is -0.300. The van der Waals surface area contributed by atoms with Crippen LogP contribution in [-0.2, 0) is 33.3 Å². The molecule has 31 heavy (non-hydrogen) atoms. The van der Waals surface area contributed by atoms with Gasteiger partial charge in [-0.3, -0.25) is 9.59 Å². The Morgan fingerprint density at radius 2 is 0.774 bits per heavy atom. The third kappa shape index (κ3) is 25.0. The van der Waals surface area contributed by atoms with E-state index >= 15 is 0 Å². The molecule has 0 saturated carbocycles. The number of rotatable bonds is 24. The van der Waals surface area contributed by atoms with E-state index < -0.39 is 0 Å². The van der Waals surface area contributed by atoms with Crippen molar-refractivity contribution in [3.05, 3.63) is 0 Å². The Labute approximate surface area is 189 Å². The SMILES string of the molecule is CCCCCCCCCC(=O)OCCOCCOCCOCCOC(=O)CCCCC. The highest BCUT2D eigenvalue weighted by Crippen LogP contribution is 2.08. The van der Waals surface area contributed by atoms with Gasteiger partial charge < -0.3 is 23.7 Å². The van der Waals surface area contributed by atoms with Gasteiger partial charge in [0.25, 0.3) is 0 Å². The highest BCUT2D eigenvalue weighted by molar-refractivity contribution is 5.69. The number of hydrogen-bond acceptors (Lipinski definition) is 7. The summed E-state index contributed by atoms with van der Waals surface area (Å²) in [6.07, 6.45) is 12.3. The van der Waals surface area contributed by atoms with Gasteiger partial charge >= 0.3 is 11.9 Å². The zero-order valence-electron chi connectivity index (χ0n) is 20.0. The van der Waals surface area contributed by atoms with Crippen molar-refractivity contribution in [1.82, 2.24) is 0 Å². The van der Waals surface area contributed by atoms with Crippen LogP contribution in [0.3, 0.4) is 0 Å². The largest absolute Gasteiger partial charge is 0.463 e. The van der Waals surface area contributed by atoms with Gasteiger partial charge in [0.05, 0.1) is 39.6 Å². The third-order valence-electron chi connectivity index (χ3n) is 4.69. The number of unbranched alkanes of at least 4 members (excludes halogenated alkanes) is 8. The second kappa shape index (κ2) is 25.1. The molecular weight excluding hydrogens is 400 g/mol. The fourth-order valence-electron chi connectivity index (χ4n) is 2.86. The molecule has 184 valence electrons. The summed E-state index contributed by atoms with van der Waals surface area (Å²) in [4.78, 5) is 23.0. The van der Waals surface area contributed by atoms with Crippen LogP contribution >= 0.6 is 0 Å². The smallest absolute Gasteiger partial charge is 0.305 e. The molecule has 0 unspecified atom stereocenters. The summed E-state index contributed by atoms with van der Waals surface area (Å²) in [6.45, 7) is 7.46. The second-order valence-electron chi connectivity index (χ2n) is 7.61. The molecule has 0 aliphatic carbocycles. The molecule has 0 aliphatic heterocycles. The minimum Gasteiger partial charge on any atom is -0.463 e. The first-order chi connectivity index (χ1) is 15.2. The van der Waals surface area contributed by atoms with Crippen LogP contribution < -0.4 is 0 Å². The molecule has 0 aliphatic rings. The van der Waals surface area contributed by atoms with Gasteiger partial charge in [0, 0.05) is 12.8 Å². The van der Waals surface area contributed by atoms with Crippen LogP contribution in [0.25, 0.3) is 0 Å². The predicted octanol–water partition coefficient (Wildman–Crippen LogP) is 4.84.